The van der Waals surface area contributed by atoms with E-state index in [1.54, 1.807) is 43.8 Å². The molecule has 0 radical (unpaired) electrons. The number of rotatable bonds is 8. The van der Waals surface area contributed by atoms with Gasteiger partial charge in [0.2, 0.25) is 0 Å². The van der Waals surface area contributed by atoms with E-state index in [1.807, 2.05) is 18.2 Å². The topological polar surface area (TPSA) is 43.4 Å². The molecule has 3 aromatic rings. The summed E-state index contributed by atoms with van der Waals surface area (Å²) in [4.78, 5) is 4.00. The third kappa shape index (κ3) is 5.18. The molecule has 0 fully saturated rings. The van der Waals surface area contributed by atoms with Gasteiger partial charge < -0.3 is 14.8 Å². The molecule has 0 aliphatic heterocycles. The van der Waals surface area contributed by atoms with Crippen molar-refractivity contribution in [2.45, 2.75) is 19.7 Å². The van der Waals surface area contributed by atoms with E-state index in [0.717, 1.165) is 11.1 Å². The van der Waals surface area contributed by atoms with Gasteiger partial charge in [-0.25, -0.2) is 4.39 Å². The lowest BCUT2D eigenvalue weighted by Gasteiger charge is -2.14. The zero-order valence-corrected chi connectivity index (χ0v) is 15.7. The maximum absolute atomic E-state index is 13.7. The monoisotopic (exact) mass is 386 g/mol. The van der Waals surface area contributed by atoms with Crippen LogP contribution in [-0.4, -0.2) is 12.1 Å². The molecule has 2 aromatic carbocycles. The largest absolute Gasteiger partial charge is 0.493 e. The fourth-order valence-corrected chi connectivity index (χ4v) is 2.82. The number of hydrogen-bond donors (Lipinski definition) is 1. The maximum Gasteiger partial charge on any atom is 0.163 e. The lowest BCUT2D eigenvalue weighted by Crippen LogP contribution is -2.13. The Bertz CT molecular complexity index is 891. The minimum atomic E-state index is -0.306. The average molecular weight is 387 g/mol. The molecule has 4 nitrogen and oxygen atoms in total. The standard InChI is InChI=1S/C21H20ClFN2O2/c1-26-20-10-17(13-25-12-15-6-8-24-9-7-15)18(22)11-21(20)27-14-16-4-2-3-5-19(16)23/h2-11,25H,12-14H2,1H3. The summed E-state index contributed by atoms with van der Waals surface area (Å²) in [6, 6.07) is 13.9. The van der Waals surface area contributed by atoms with Crippen molar-refractivity contribution in [3.8, 4) is 11.5 Å². The quantitative estimate of drug-likeness (QED) is 0.606. The van der Waals surface area contributed by atoms with E-state index >= 15 is 0 Å². The molecule has 27 heavy (non-hydrogen) atoms. The van der Waals surface area contributed by atoms with Crippen LogP contribution in [0.5, 0.6) is 11.5 Å². The molecular weight excluding hydrogens is 367 g/mol. The van der Waals surface area contributed by atoms with Gasteiger partial charge in [0.05, 0.1) is 7.11 Å². The smallest absolute Gasteiger partial charge is 0.163 e. The highest BCUT2D eigenvalue weighted by Gasteiger charge is 2.12. The molecule has 140 valence electrons. The summed E-state index contributed by atoms with van der Waals surface area (Å²) in [6.07, 6.45) is 3.52. The second kappa shape index (κ2) is 9.35. The second-order valence-electron chi connectivity index (χ2n) is 5.93. The molecule has 0 saturated carbocycles. The number of pyridine rings is 1. The highest BCUT2D eigenvalue weighted by atomic mass is 35.5. The van der Waals surface area contributed by atoms with E-state index in [2.05, 4.69) is 10.3 Å². The van der Waals surface area contributed by atoms with E-state index in [9.17, 15) is 4.39 Å². The van der Waals surface area contributed by atoms with E-state index in [4.69, 9.17) is 21.1 Å². The Morgan fingerprint density at radius 2 is 1.78 bits per heavy atom. The zero-order valence-electron chi connectivity index (χ0n) is 14.9. The van der Waals surface area contributed by atoms with Crippen LogP contribution in [-0.2, 0) is 19.7 Å². The number of nitrogens with one attached hydrogen (secondary N) is 1. The van der Waals surface area contributed by atoms with Gasteiger partial charge in [-0.15, -0.1) is 0 Å². The lowest BCUT2D eigenvalue weighted by atomic mass is 10.2. The molecule has 0 atom stereocenters. The van der Waals surface area contributed by atoms with Crippen LogP contribution < -0.4 is 14.8 Å². The van der Waals surface area contributed by atoms with Crippen LogP contribution in [0.3, 0.4) is 0 Å². The first kappa shape index (κ1) is 19.1. The highest BCUT2D eigenvalue weighted by Crippen LogP contribution is 2.34. The summed E-state index contributed by atoms with van der Waals surface area (Å²) in [5, 5.41) is 3.89. The Kier molecular flexibility index (Phi) is 6.63. The summed E-state index contributed by atoms with van der Waals surface area (Å²) in [5.41, 5.74) is 2.50. The zero-order chi connectivity index (χ0) is 19.1. The van der Waals surface area contributed by atoms with Gasteiger partial charge in [-0.2, -0.15) is 0 Å². The Morgan fingerprint density at radius 1 is 1.00 bits per heavy atom. The normalized spacial score (nSPS) is 10.6. The molecule has 3 rings (SSSR count). The van der Waals surface area contributed by atoms with Crippen LogP contribution in [0.2, 0.25) is 5.02 Å². The Hall–Kier alpha value is -2.63. The van der Waals surface area contributed by atoms with Crippen molar-refractivity contribution in [1.82, 2.24) is 10.3 Å². The van der Waals surface area contributed by atoms with E-state index in [0.29, 0.717) is 35.2 Å². The van der Waals surface area contributed by atoms with Crippen molar-refractivity contribution in [2.75, 3.05) is 7.11 Å². The number of benzene rings is 2. The van der Waals surface area contributed by atoms with Gasteiger partial charge in [-0.3, -0.25) is 4.98 Å². The molecule has 1 aromatic heterocycles. The van der Waals surface area contributed by atoms with E-state index in [1.165, 1.54) is 6.07 Å². The molecule has 1 heterocycles. The van der Waals surface area contributed by atoms with Crippen molar-refractivity contribution in [3.63, 3.8) is 0 Å². The minimum Gasteiger partial charge on any atom is -0.493 e. The fraction of sp³-hybridized carbons (Fsp3) is 0.190. The molecule has 6 heteroatoms. The van der Waals surface area contributed by atoms with Gasteiger partial charge in [0.15, 0.2) is 11.5 Å². The number of halogens is 2. The van der Waals surface area contributed by atoms with Crippen LogP contribution in [0.1, 0.15) is 16.7 Å². The number of hydrogen-bond acceptors (Lipinski definition) is 4. The number of aromatic nitrogens is 1. The van der Waals surface area contributed by atoms with Gasteiger partial charge in [-0.05, 0) is 35.4 Å². The number of ether oxygens (including phenoxy) is 2. The minimum absolute atomic E-state index is 0.0962. The van der Waals surface area contributed by atoms with Gasteiger partial charge in [0.1, 0.15) is 12.4 Å². The molecule has 1 N–H and O–H groups in total. The third-order valence-electron chi connectivity index (χ3n) is 4.07. The fourth-order valence-electron chi connectivity index (χ4n) is 2.60. The van der Waals surface area contributed by atoms with Crippen molar-refractivity contribution in [1.29, 1.82) is 0 Å². The predicted molar refractivity (Wildman–Crippen MR) is 104 cm³/mol. The molecule has 0 saturated heterocycles. The second-order valence-corrected chi connectivity index (χ2v) is 6.34. The van der Waals surface area contributed by atoms with E-state index < -0.39 is 0 Å². The van der Waals surface area contributed by atoms with Crippen LogP contribution in [0, 0.1) is 5.82 Å². The highest BCUT2D eigenvalue weighted by molar-refractivity contribution is 6.31. The van der Waals surface area contributed by atoms with E-state index in [-0.39, 0.29) is 12.4 Å². The maximum atomic E-state index is 13.7. The van der Waals surface area contributed by atoms with Crippen LogP contribution in [0.4, 0.5) is 4.39 Å². The average Bonchev–Trinajstić information content (AvgIpc) is 2.69. The van der Waals surface area contributed by atoms with Crippen molar-refractivity contribution in [3.05, 3.63) is 88.5 Å². The van der Waals surface area contributed by atoms with Crippen LogP contribution in [0.25, 0.3) is 0 Å². The van der Waals surface area contributed by atoms with Gasteiger partial charge in [-0.1, -0.05) is 29.8 Å². The van der Waals surface area contributed by atoms with Crippen molar-refractivity contribution in [2.24, 2.45) is 0 Å². The Morgan fingerprint density at radius 3 is 2.52 bits per heavy atom. The van der Waals surface area contributed by atoms with Crippen molar-refractivity contribution >= 4 is 11.6 Å². The van der Waals surface area contributed by atoms with Gasteiger partial charge in [0.25, 0.3) is 0 Å². The Balaban J connectivity index is 1.66. The summed E-state index contributed by atoms with van der Waals surface area (Å²) >= 11 is 6.39. The molecule has 0 aliphatic carbocycles. The molecular formula is C21H20ClFN2O2. The SMILES string of the molecule is COc1cc(CNCc2ccncc2)c(Cl)cc1OCc1ccccc1F. The number of nitrogens with zero attached hydrogens (tertiary/aromatic N) is 1. The van der Waals surface area contributed by atoms with Gasteiger partial charge >= 0.3 is 0 Å². The third-order valence-corrected chi connectivity index (χ3v) is 4.42. The van der Waals surface area contributed by atoms with Crippen LogP contribution in [0.15, 0.2) is 60.9 Å². The molecule has 0 amide bonds. The summed E-state index contributed by atoms with van der Waals surface area (Å²) in [7, 11) is 1.56. The summed E-state index contributed by atoms with van der Waals surface area (Å²) < 4.78 is 24.9. The first-order valence-electron chi connectivity index (χ1n) is 8.49. The first-order valence-corrected chi connectivity index (χ1v) is 8.87. The molecule has 0 bridgehead atoms. The molecule has 0 unspecified atom stereocenters. The van der Waals surface area contributed by atoms with Crippen molar-refractivity contribution < 1.29 is 13.9 Å². The summed E-state index contributed by atoms with van der Waals surface area (Å²) in [5.74, 6) is 0.722. The first-order chi connectivity index (χ1) is 13.2. The number of methoxy groups -OCH3 is 1. The Labute approximate surface area is 162 Å². The lowest BCUT2D eigenvalue weighted by molar-refractivity contribution is 0.279. The molecule has 0 aliphatic rings. The predicted octanol–water partition coefficient (Wildman–Crippen LogP) is 4.75. The summed E-state index contributed by atoms with van der Waals surface area (Å²) in [6.45, 7) is 1.37. The molecule has 0 spiro atoms. The van der Waals surface area contributed by atoms with Gasteiger partial charge in [0, 0.05) is 42.1 Å². The van der Waals surface area contributed by atoms with Crippen LogP contribution >= 0.6 is 11.6 Å².